The van der Waals surface area contributed by atoms with Crippen LogP contribution in [0.2, 0.25) is 0 Å². The second kappa shape index (κ2) is 7.79. The van der Waals surface area contributed by atoms with Gasteiger partial charge in [0.25, 0.3) is 0 Å². The molecule has 1 N–H and O–H groups in total. The van der Waals surface area contributed by atoms with Crippen LogP contribution in [0, 0.1) is 0 Å². The van der Waals surface area contributed by atoms with Gasteiger partial charge in [-0.05, 0) is 18.6 Å². The fourth-order valence-corrected chi connectivity index (χ4v) is 2.67. The fraction of sp³-hybridized carbons (Fsp3) is 0.429. The highest BCUT2D eigenvalue weighted by Crippen LogP contribution is 2.23. The van der Waals surface area contributed by atoms with Gasteiger partial charge in [-0.2, -0.15) is 0 Å². The predicted octanol–water partition coefficient (Wildman–Crippen LogP) is 0.765. The second-order valence-corrected chi connectivity index (χ2v) is 6.54. The molecule has 1 aromatic rings. The number of hydrogen-bond acceptors (Lipinski definition) is 5. The Morgan fingerprint density at radius 2 is 1.91 bits per heavy atom. The largest absolute Gasteiger partial charge is 0.465 e. The van der Waals surface area contributed by atoms with Crippen LogP contribution in [0.1, 0.15) is 23.7 Å². The van der Waals surface area contributed by atoms with Crippen molar-refractivity contribution in [2.75, 3.05) is 30.8 Å². The molecule has 0 aliphatic heterocycles. The number of rotatable bonds is 7. The normalized spacial score (nSPS) is 10.9. The number of nitrogens with zero attached hydrogens (tertiary/aromatic N) is 1. The van der Waals surface area contributed by atoms with Gasteiger partial charge in [-0.15, -0.1) is 0 Å². The number of amides is 1. The number of ether oxygens (including phenoxy) is 1. The highest BCUT2D eigenvalue weighted by atomic mass is 32.2. The number of carbonyl (C=O) groups excluding carboxylic acids is 2. The summed E-state index contributed by atoms with van der Waals surface area (Å²) in [4.78, 5) is 23.6. The monoisotopic (exact) mass is 328 g/mol. The Morgan fingerprint density at radius 1 is 1.27 bits per heavy atom. The molecule has 0 saturated carbocycles. The van der Waals surface area contributed by atoms with Crippen molar-refractivity contribution in [3.63, 3.8) is 0 Å². The van der Waals surface area contributed by atoms with Gasteiger partial charge in [0.1, 0.15) is 6.54 Å². The first-order chi connectivity index (χ1) is 10.3. The van der Waals surface area contributed by atoms with Crippen LogP contribution in [0.3, 0.4) is 0 Å². The molecule has 22 heavy (non-hydrogen) atoms. The summed E-state index contributed by atoms with van der Waals surface area (Å²) in [6, 6.07) is 6.08. The third kappa shape index (κ3) is 4.73. The maximum atomic E-state index is 12.0. The first-order valence-corrected chi connectivity index (χ1v) is 8.57. The first kappa shape index (κ1) is 18.0. The van der Waals surface area contributed by atoms with Gasteiger partial charge in [-0.3, -0.25) is 9.10 Å². The zero-order valence-electron chi connectivity index (χ0n) is 12.8. The number of carbonyl (C=O) groups is 2. The summed E-state index contributed by atoms with van der Waals surface area (Å²) in [5.41, 5.74) is 0.196. The Labute approximate surface area is 130 Å². The van der Waals surface area contributed by atoms with Crippen LogP contribution in [-0.4, -0.2) is 46.7 Å². The minimum Gasteiger partial charge on any atom is -0.465 e. The standard InChI is InChI=1S/C14H20N2O5S/c1-4-9-15-13(17)10-16(22(3,19)20)12-8-6-5-7-11(12)14(18)21-2/h5-8H,4,9-10H2,1-3H3,(H,15,17). The van der Waals surface area contributed by atoms with E-state index in [1.54, 1.807) is 12.1 Å². The summed E-state index contributed by atoms with van der Waals surface area (Å²) in [6.45, 7) is 1.95. The molecule has 0 radical (unpaired) electrons. The van der Waals surface area contributed by atoms with Crippen molar-refractivity contribution >= 4 is 27.6 Å². The van der Waals surface area contributed by atoms with E-state index >= 15 is 0 Å². The first-order valence-electron chi connectivity index (χ1n) is 6.73. The molecule has 0 saturated heterocycles. The maximum absolute atomic E-state index is 12.0. The van der Waals surface area contributed by atoms with Crippen molar-refractivity contribution in [1.29, 1.82) is 0 Å². The van der Waals surface area contributed by atoms with E-state index in [2.05, 4.69) is 10.1 Å². The number of esters is 1. The van der Waals surface area contributed by atoms with Crippen LogP contribution < -0.4 is 9.62 Å². The van der Waals surface area contributed by atoms with E-state index in [-0.39, 0.29) is 11.3 Å². The predicted molar refractivity (Wildman–Crippen MR) is 83.3 cm³/mol. The lowest BCUT2D eigenvalue weighted by Crippen LogP contribution is -2.41. The van der Waals surface area contributed by atoms with Gasteiger partial charge in [-0.1, -0.05) is 19.1 Å². The molecule has 0 heterocycles. The van der Waals surface area contributed by atoms with Crippen LogP contribution in [0.5, 0.6) is 0 Å². The summed E-state index contributed by atoms with van der Waals surface area (Å²) in [5, 5.41) is 2.61. The molecule has 7 nitrogen and oxygen atoms in total. The number of benzene rings is 1. The van der Waals surface area contributed by atoms with E-state index in [1.165, 1.54) is 19.2 Å². The summed E-state index contributed by atoms with van der Waals surface area (Å²) in [6.07, 6.45) is 1.72. The molecule has 0 aliphatic carbocycles. The maximum Gasteiger partial charge on any atom is 0.340 e. The molecule has 1 aromatic carbocycles. The molecule has 1 amide bonds. The van der Waals surface area contributed by atoms with Gasteiger partial charge in [-0.25, -0.2) is 13.2 Å². The number of nitrogens with one attached hydrogen (secondary N) is 1. The zero-order valence-corrected chi connectivity index (χ0v) is 13.6. The van der Waals surface area contributed by atoms with E-state index in [0.717, 1.165) is 17.0 Å². The second-order valence-electron chi connectivity index (χ2n) is 4.63. The van der Waals surface area contributed by atoms with Gasteiger partial charge in [0.15, 0.2) is 0 Å². The molecule has 0 aromatic heterocycles. The minimum absolute atomic E-state index is 0.0821. The molecule has 0 unspecified atom stereocenters. The topological polar surface area (TPSA) is 92.8 Å². The van der Waals surface area contributed by atoms with Gasteiger partial charge in [0.2, 0.25) is 15.9 Å². The van der Waals surface area contributed by atoms with E-state index in [4.69, 9.17) is 0 Å². The molecule has 8 heteroatoms. The smallest absolute Gasteiger partial charge is 0.340 e. The Morgan fingerprint density at radius 3 is 2.45 bits per heavy atom. The highest BCUT2D eigenvalue weighted by Gasteiger charge is 2.25. The van der Waals surface area contributed by atoms with Crippen molar-refractivity contribution in [3.05, 3.63) is 29.8 Å². The van der Waals surface area contributed by atoms with Gasteiger partial charge in [0, 0.05) is 6.54 Å². The average molecular weight is 328 g/mol. The highest BCUT2D eigenvalue weighted by molar-refractivity contribution is 7.92. The molecule has 0 bridgehead atoms. The quantitative estimate of drug-likeness (QED) is 0.746. The number of methoxy groups -OCH3 is 1. The Hall–Kier alpha value is -2.09. The molecule has 0 fully saturated rings. The van der Waals surface area contributed by atoms with Crippen LogP contribution in [0.15, 0.2) is 24.3 Å². The minimum atomic E-state index is -3.74. The SMILES string of the molecule is CCCNC(=O)CN(c1ccccc1C(=O)OC)S(C)(=O)=O. The van der Waals surface area contributed by atoms with Crippen molar-refractivity contribution < 1.29 is 22.7 Å². The van der Waals surface area contributed by atoms with Crippen LogP contribution >= 0.6 is 0 Å². The van der Waals surface area contributed by atoms with Crippen molar-refractivity contribution in [1.82, 2.24) is 5.32 Å². The van der Waals surface area contributed by atoms with E-state index < -0.39 is 28.4 Å². The molecule has 0 spiro atoms. The van der Waals surface area contributed by atoms with Crippen molar-refractivity contribution in [3.8, 4) is 0 Å². The molecule has 1 rings (SSSR count). The zero-order chi connectivity index (χ0) is 16.8. The third-order valence-electron chi connectivity index (χ3n) is 2.84. The lowest BCUT2D eigenvalue weighted by molar-refractivity contribution is -0.119. The molecule has 0 aliphatic rings. The van der Waals surface area contributed by atoms with E-state index in [0.29, 0.717) is 6.54 Å². The number of para-hydroxylation sites is 1. The Kier molecular flexibility index (Phi) is 6.36. The van der Waals surface area contributed by atoms with Crippen molar-refractivity contribution in [2.45, 2.75) is 13.3 Å². The lowest BCUT2D eigenvalue weighted by atomic mass is 10.2. The Balaban J connectivity index is 3.19. The molecular formula is C14H20N2O5S. The van der Waals surface area contributed by atoms with Crippen LogP contribution in [0.4, 0.5) is 5.69 Å². The number of anilines is 1. The number of sulfonamides is 1. The molecule has 0 atom stereocenters. The molecule has 122 valence electrons. The van der Waals surface area contributed by atoms with Gasteiger partial charge in [0.05, 0.1) is 24.6 Å². The Bertz CT molecular complexity index is 642. The average Bonchev–Trinajstić information content (AvgIpc) is 2.48. The fourth-order valence-electron chi connectivity index (χ4n) is 1.81. The third-order valence-corrected chi connectivity index (χ3v) is 3.96. The van der Waals surface area contributed by atoms with Crippen LogP contribution in [-0.2, 0) is 19.6 Å². The van der Waals surface area contributed by atoms with Crippen LogP contribution in [0.25, 0.3) is 0 Å². The number of hydrogen-bond donors (Lipinski definition) is 1. The van der Waals surface area contributed by atoms with E-state index in [1.807, 2.05) is 6.92 Å². The molecular weight excluding hydrogens is 308 g/mol. The summed E-state index contributed by atoms with van der Waals surface area (Å²) < 4.78 is 29.5. The lowest BCUT2D eigenvalue weighted by Gasteiger charge is -2.23. The summed E-state index contributed by atoms with van der Waals surface area (Å²) >= 11 is 0. The van der Waals surface area contributed by atoms with Gasteiger partial charge >= 0.3 is 5.97 Å². The summed E-state index contributed by atoms with van der Waals surface area (Å²) in [5.74, 6) is -1.11. The van der Waals surface area contributed by atoms with Crippen molar-refractivity contribution in [2.24, 2.45) is 0 Å². The summed E-state index contributed by atoms with van der Waals surface area (Å²) in [7, 11) is -2.53. The van der Waals surface area contributed by atoms with E-state index in [9.17, 15) is 18.0 Å². The van der Waals surface area contributed by atoms with Gasteiger partial charge < -0.3 is 10.1 Å².